The average molecular weight is 306 g/mol. The molecule has 0 bridgehead atoms. The van der Waals surface area contributed by atoms with Gasteiger partial charge in [-0.25, -0.2) is 8.42 Å². The molecule has 4 nitrogen and oxygen atoms in total. The minimum Gasteiger partial charge on any atom is -0.278 e. The van der Waals surface area contributed by atoms with Gasteiger partial charge in [0, 0.05) is 0 Å². The molecular weight excluding hydrogens is 292 g/mol. The van der Waals surface area contributed by atoms with Crippen LogP contribution in [0.5, 0.6) is 0 Å². The standard InChI is InChI=1S/C14H14N2O2S2/c1-9-6-10(2)14(11(3)7-9)16-20(17,18)13-5-4-12(8-15)19-13/h4-7,16H,1-3H3. The highest BCUT2D eigenvalue weighted by Gasteiger charge is 2.19. The summed E-state index contributed by atoms with van der Waals surface area (Å²) in [5, 5.41) is 8.77. The molecular formula is C14H14N2O2S2. The van der Waals surface area contributed by atoms with Gasteiger partial charge in [-0.2, -0.15) is 5.26 Å². The number of hydrogen-bond donors (Lipinski definition) is 1. The van der Waals surface area contributed by atoms with Crippen molar-refractivity contribution in [1.29, 1.82) is 5.26 Å². The topological polar surface area (TPSA) is 70.0 Å². The largest absolute Gasteiger partial charge is 0.278 e. The summed E-state index contributed by atoms with van der Waals surface area (Å²) in [7, 11) is -3.64. The van der Waals surface area contributed by atoms with Crippen molar-refractivity contribution in [1.82, 2.24) is 0 Å². The predicted molar refractivity (Wildman–Crippen MR) is 80.5 cm³/mol. The number of nitriles is 1. The van der Waals surface area contributed by atoms with Crippen LogP contribution in [-0.4, -0.2) is 8.42 Å². The minimum absolute atomic E-state index is 0.147. The van der Waals surface area contributed by atoms with Crippen molar-refractivity contribution >= 4 is 27.0 Å². The van der Waals surface area contributed by atoms with E-state index in [4.69, 9.17) is 5.26 Å². The van der Waals surface area contributed by atoms with Crippen molar-refractivity contribution in [2.24, 2.45) is 0 Å². The summed E-state index contributed by atoms with van der Waals surface area (Å²) in [5.41, 5.74) is 3.44. The van der Waals surface area contributed by atoms with E-state index in [9.17, 15) is 8.42 Å². The van der Waals surface area contributed by atoms with Gasteiger partial charge in [0.2, 0.25) is 0 Å². The number of sulfonamides is 1. The molecule has 6 heteroatoms. The first kappa shape index (κ1) is 14.6. The van der Waals surface area contributed by atoms with Crippen LogP contribution in [0.2, 0.25) is 0 Å². The van der Waals surface area contributed by atoms with Crippen molar-refractivity contribution in [2.75, 3.05) is 4.72 Å². The van der Waals surface area contributed by atoms with E-state index in [0.29, 0.717) is 10.6 Å². The fraction of sp³-hybridized carbons (Fsp3) is 0.214. The van der Waals surface area contributed by atoms with Gasteiger partial charge in [0.1, 0.15) is 15.2 Å². The molecule has 0 saturated heterocycles. The van der Waals surface area contributed by atoms with Crippen LogP contribution in [0.4, 0.5) is 5.69 Å². The maximum Gasteiger partial charge on any atom is 0.271 e. The maximum atomic E-state index is 12.3. The number of nitrogens with one attached hydrogen (secondary N) is 1. The van der Waals surface area contributed by atoms with Gasteiger partial charge < -0.3 is 0 Å². The molecule has 0 atom stereocenters. The smallest absolute Gasteiger partial charge is 0.271 e. The molecule has 20 heavy (non-hydrogen) atoms. The zero-order valence-electron chi connectivity index (χ0n) is 11.4. The average Bonchev–Trinajstić information content (AvgIpc) is 2.83. The maximum absolute atomic E-state index is 12.3. The van der Waals surface area contributed by atoms with E-state index >= 15 is 0 Å². The van der Waals surface area contributed by atoms with E-state index in [0.717, 1.165) is 28.0 Å². The van der Waals surface area contributed by atoms with Gasteiger partial charge in [0.05, 0.1) is 5.69 Å². The van der Waals surface area contributed by atoms with Crippen molar-refractivity contribution in [3.63, 3.8) is 0 Å². The van der Waals surface area contributed by atoms with Gasteiger partial charge in [-0.1, -0.05) is 17.7 Å². The second-order valence-electron chi connectivity index (χ2n) is 4.61. The van der Waals surface area contributed by atoms with E-state index in [1.165, 1.54) is 12.1 Å². The van der Waals surface area contributed by atoms with E-state index in [-0.39, 0.29) is 4.21 Å². The molecule has 1 heterocycles. The molecule has 0 aliphatic heterocycles. The molecule has 0 spiro atoms. The lowest BCUT2D eigenvalue weighted by Gasteiger charge is -2.13. The SMILES string of the molecule is Cc1cc(C)c(NS(=O)(=O)c2ccc(C#N)s2)c(C)c1. The summed E-state index contributed by atoms with van der Waals surface area (Å²) in [6.45, 7) is 5.71. The monoisotopic (exact) mass is 306 g/mol. The third-order valence-corrected chi connectivity index (χ3v) is 5.70. The van der Waals surface area contributed by atoms with E-state index < -0.39 is 10.0 Å². The lowest BCUT2D eigenvalue weighted by atomic mass is 10.1. The summed E-state index contributed by atoms with van der Waals surface area (Å²) in [5.74, 6) is 0. The Hall–Kier alpha value is -1.84. The highest BCUT2D eigenvalue weighted by molar-refractivity contribution is 7.94. The van der Waals surface area contributed by atoms with Crippen molar-refractivity contribution < 1.29 is 8.42 Å². The van der Waals surface area contributed by atoms with E-state index in [2.05, 4.69) is 4.72 Å². The Bertz CT molecular complexity index is 776. The third-order valence-electron chi connectivity index (χ3n) is 2.87. The zero-order chi connectivity index (χ0) is 14.9. The highest BCUT2D eigenvalue weighted by Crippen LogP contribution is 2.27. The lowest BCUT2D eigenvalue weighted by Crippen LogP contribution is -2.13. The molecule has 2 rings (SSSR count). The molecule has 0 radical (unpaired) electrons. The second kappa shape index (κ2) is 5.27. The Morgan fingerprint density at radius 3 is 2.25 bits per heavy atom. The summed E-state index contributed by atoms with van der Waals surface area (Å²) >= 11 is 0.962. The Morgan fingerprint density at radius 2 is 1.75 bits per heavy atom. The summed E-state index contributed by atoms with van der Waals surface area (Å²) in [4.78, 5) is 0.378. The van der Waals surface area contributed by atoms with Crippen LogP contribution in [0.1, 0.15) is 21.6 Å². The quantitative estimate of drug-likeness (QED) is 0.945. The fourth-order valence-electron chi connectivity index (χ4n) is 2.05. The van der Waals surface area contributed by atoms with Crippen LogP contribution < -0.4 is 4.72 Å². The zero-order valence-corrected chi connectivity index (χ0v) is 13.0. The Kier molecular flexibility index (Phi) is 3.84. The number of thiophene rings is 1. The van der Waals surface area contributed by atoms with Crippen molar-refractivity contribution in [3.05, 3.63) is 45.8 Å². The lowest BCUT2D eigenvalue weighted by molar-refractivity contribution is 0.603. The number of hydrogen-bond acceptors (Lipinski definition) is 4. The Labute approximate surface area is 122 Å². The normalized spacial score (nSPS) is 11.1. The molecule has 104 valence electrons. The van der Waals surface area contributed by atoms with Gasteiger partial charge in [-0.3, -0.25) is 4.72 Å². The van der Waals surface area contributed by atoms with Crippen LogP contribution in [0.15, 0.2) is 28.5 Å². The number of benzene rings is 1. The summed E-state index contributed by atoms with van der Waals surface area (Å²) < 4.78 is 27.4. The van der Waals surface area contributed by atoms with Gasteiger partial charge in [-0.15, -0.1) is 11.3 Å². The van der Waals surface area contributed by atoms with Crippen LogP contribution in [0, 0.1) is 32.1 Å². The third kappa shape index (κ3) is 2.84. The fourth-order valence-corrected chi connectivity index (χ4v) is 4.36. The molecule has 1 N–H and O–H groups in total. The van der Waals surface area contributed by atoms with E-state index in [1.54, 1.807) is 0 Å². The molecule has 0 aliphatic carbocycles. The van der Waals surface area contributed by atoms with Crippen molar-refractivity contribution in [2.45, 2.75) is 25.0 Å². The van der Waals surface area contributed by atoms with Gasteiger partial charge in [0.15, 0.2) is 0 Å². The molecule has 0 unspecified atom stereocenters. The predicted octanol–water partition coefficient (Wildman–Crippen LogP) is 3.35. The Morgan fingerprint density at radius 1 is 1.15 bits per heavy atom. The molecule has 1 aromatic carbocycles. The van der Waals surface area contributed by atoms with Crippen LogP contribution in [0.3, 0.4) is 0 Å². The first-order valence-corrected chi connectivity index (χ1v) is 8.24. The summed E-state index contributed by atoms with van der Waals surface area (Å²) in [6.07, 6.45) is 0. The number of aryl methyl sites for hydroxylation is 3. The van der Waals surface area contributed by atoms with Gasteiger partial charge in [-0.05, 0) is 44.0 Å². The molecule has 0 saturated carbocycles. The number of rotatable bonds is 3. The highest BCUT2D eigenvalue weighted by atomic mass is 32.2. The van der Waals surface area contributed by atoms with Crippen molar-refractivity contribution in [3.8, 4) is 6.07 Å². The molecule has 0 fully saturated rings. The molecule has 1 aromatic heterocycles. The van der Waals surface area contributed by atoms with Crippen LogP contribution in [-0.2, 0) is 10.0 Å². The minimum atomic E-state index is -3.64. The number of anilines is 1. The molecule has 2 aromatic rings. The first-order chi connectivity index (χ1) is 9.33. The van der Waals surface area contributed by atoms with E-state index in [1.807, 2.05) is 39.0 Å². The molecule has 0 amide bonds. The Balaban J connectivity index is 2.41. The first-order valence-electron chi connectivity index (χ1n) is 5.94. The number of nitrogens with zero attached hydrogens (tertiary/aromatic N) is 1. The molecule has 0 aliphatic rings. The van der Waals surface area contributed by atoms with Crippen LogP contribution >= 0.6 is 11.3 Å². The van der Waals surface area contributed by atoms with Gasteiger partial charge in [0.25, 0.3) is 10.0 Å². The van der Waals surface area contributed by atoms with Gasteiger partial charge >= 0.3 is 0 Å². The van der Waals surface area contributed by atoms with Crippen LogP contribution in [0.25, 0.3) is 0 Å². The second-order valence-corrected chi connectivity index (χ2v) is 7.60. The summed E-state index contributed by atoms with van der Waals surface area (Å²) in [6, 6.07) is 8.76.